The number of alkyl halides is 3. The zero-order chi connectivity index (χ0) is 28.4. The summed E-state index contributed by atoms with van der Waals surface area (Å²) in [5.41, 5.74) is -5.91. The molecule has 0 saturated heterocycles. The van der Waals surface area contributed by atoms with Gasteiger partial charge in [-0.05, 0) is 43.4 Å². The second-order valence-electron chi connectivity index (χ2n) is 9.78. The first kappa shape index (κ1) is 29.3. The number of aryl methyl sites for hydroxylation is 1. The summed E-state index contributed by atoms with van der Waals surface area (Å²) in [6.45, 7) is 8.85. The fraction of sp³-hybridized carbons (Fsp3) is 0.462. The van der Waals surface area contributed by atoms with E-state index < -0.39 is 50.0 Å². The zero-order valence-electron chi connectivity index (χ0n) is 21.6. The molecule has 2 aromatic carbocycles. The minimum atomic E-state index is -6.28. The number of hydrogen-bond donors (Lipinski definition) is 0. The Labute approximate surface area is 219 Å². The number of esters is 1. The number of hydrogen-bond acceptors (Lipinski definition) is 8. The van der Waals surface area contributed by atoms with E-state index in [2.05, 4.69) is 4.18 Å². The fourth-order valence-corrected chi connectivity index (χ4v) is 4.09. The average Bonchev–Trinajstić information content (AvgIpc) is 2.77. The molecule has 0 aromatic heterocycles. The maximum atomic E-state index is 13.3. The average molecular weight is 559 g/mol. The van der Waals surface area contributed by atoms with Crippen molar-refractivity contribution in [2.75, 3.05) is 6.61 Å². The zero-order valence-corrected chi connectivity index (χ0v) is 22.4. The van der Waals surface area contributed by atoms with Gasteiger partial charge in [-0.1, -0.05) is 39.3 Å². The number of carbonyl (C=O) groups excluding carboxylic acids is 2. The van der Waals surface area contributed by atoms with E-state index in [1.807, 2.05) is 13.8 Å². The van der Waals surface area contributed by atoms with Gasteiger partial charge in [0.1, 0.15) is 12.4 Å². The van der Waals surface area contributed by atoms with Gasteiger partial charge in [0.25, 0.3) is 0 Å². The number of fused-ring (bicyclic) bond motifs is 2. The summed E-state index contributed by atoms with van der Waals surface area (Å²) in [6.07, 6.45) is 0.385. The van der Waals surface area contributed by atoms with E-state index in [4.69, 9.17) is 14.2 Å². The summed E-state index contributed by atoms with van der Waals surface area (Å²) < 4.78 is 85.6. The smallest absolute Gasteiger partial charge is 0.490 e. The van der Waals surface area contributed by atoms with Gasteiger partial charge in [-0.25, -0.2) is 4.79 Å². The predicted molar refractivity (Wildman–Crippen MR) is 131 cm³/mol. The number of carbonyl (C=O) groups is 2. The second kappa shape index (κ2) is 11.2. The molecular weight excluding hydrogens is 529 g/mol. The van der Waals surface area contributed by atoms with Crippen LogP contribution in [0, 0.1) is 18.8 Å². The van der Waals surface area contributed by atoms with E-state index in [0.717, 1.165) is 11.6 Å². The van der Waals surface area contributed by atoms with E-state index in [1.165, 1.54) is 0 Å². The van der Waals surface area contributed by atoms with Crippen LogP contribution in [0.1, 0.15) is 72.4 Å². The molecule has 1 aliphatic heterocycles. The Morgan fingerprint density at radius 3 is 2.39 bits per heavy atom. The number of Topliss-reactive ketones (excluding diaryl/α,β-unsaturated/α-hetero) is 1. The number of ether oxygens (including phenoxy) is 3. The van der Waals surface area contributed by atoms with Crippen LogP contribution in [0.15, 0.2) is 24.3 Å². The first-order valence-electron chi connectivity index (χ1n) is 11.9. The lowest BCUT2D eigenvalue weighted by atomic mass is 9.97. The highest BCUT2D eigenvalue weighted by Gasteiger charge is 2.50. The van der Waals surface area contributed by atoms with E-state index in [-0.39, 0.29) is 43.0 Å². The summed E-state index contributed by atoms with van der Waals surface area (Å²) in [5, 5.41) is 0. The van der Waals surface area contributed by atoms with Crippen molar-refractivity contribution in [2.24, 2.45) is 11.8 Å². The highest BCUT2D eigenvalue weighted by Crippen LogP contribution is 2.47. The molecule has 0 bridgehead atoms. The Hall–Kier alpha value is -3.28. The summed E-state index contributed by atoms with van der Waals surface area (Å²) in [4.78, 5) is 26.3. The van der Waals surface area contributed by atoms with Gasteiger partial charge < -0.3 is 18.4 Å². The Balaban J connectivity index is 2.34. The maximum absolute atomic E-state index is 13.3. The van der Waals surface area contributed by atoms with Crippen molar-refractivity contribution in [1.82, 2.24) is 0 Å². The lowest BCUT2D eigenvalue weighted by Crippen LogP contribution is -2.30. The van der Waals surface area contributed by atoms with Gasteiger partial charge in [0.15, 0.2) is 28.6 Å². The highest BCUT2D eigenvalue weighted by atomic mass is 32.2. The van der Waals surface area contributed by atoms with Crippen molar-refractivity contribution < 1.29 is 49.6 Å². The molecule has 2 aromatic rings. The molecule has 0 radical (unpaired) electrons. The molecule has 8 nitrogen and oxygen atoms in total. The molecule has 1 aliphatic rings. The van der Waals surface area contributed by atoms with Crippen molar-refractivity contribution in [2.45, 2.75) is 59.6 Å². The van der Waals surface area contributed by atoms with Crippen molar-refractivity contribution in [3.05, 3.63) is 46.5 Å². The molecule has 0 atom stereocenters. The van der Waals surface area contributed by atoms with E-state index >= 15 is 0 Å². The number of rotatable bonds is 9. The molecule has 1 heterocycles. The normalized spacial score (nSPS) is 13.7. The molecule has 0 amide bonds. The molecule has 0 N–H and O–H groups in total. The second-order valence-corrected chi connectivity index (χ2v) is 11.3. The van der Waals surface area contributed by atoms with Crippen molar-refractivity contribution in [1.29, 1.82) is 0 Å². The third-order valence-corrected chi connectivity index (χ3v) is 6.47. The van der Waals surface area contributed by atoms with Crippen LogP contribution < -0.4 is 13.7 Å². The van der Waals surface area contributed by atoms with Crippen LogP contribution in [0.3, 0.4) is 0 Å². The third-order valence-electron chi connectivity index (χ3n) is 5.51. The predicted octanol–water partition coefficient (Wildman–Crippen LogP) is 6.34. The van der Waals surface area contributed by atoms with Crippen LogP contribution in [0.4, 0.5) is 13.2 Å². The standard InChI is InChI=1S/C26H29F3O8S/c1-14(2)8-9-34-21-12-18(19(30)10-15(3)4)23(37-38(32,33)26(27,28)29)22-24(21)36-20-7-6-16(5)11-17(20)13-35-25(22)31/h6-7,11-12,14-15H,8-10,13H2,1-5H3. The summed E-state index contributed by atoms with van der Waals surface area (Å²) in [6, 6.07) is 6.01. The van der Waals surface area contributed by atoms with E-state index in [1.54, 1.807) is 39.0 Å². The monoisotopic (exact) mass is 558 g/mol. The fourth-order valence-electron chi connectivity index (χ4n) is 3.60. The first-order chi connectivity index (χ1) is 17.6. The molecule has 208 valence electrons. The number of ketones is 1. The quantitative estimate of drug-likeness (QED) is 0.152. The van der Waals surface area contributed by atoms with Crippen molar-refractivity contribution in [3.63, 3.8) is 0 Å². The molecule has 0 unspecified atom stereocenters. The highest BCUT2D eigenvalue weighted by molar-refractivity contribution is 7.88. The molecule has 0 spiro atoms. The van der Waals surface area contributed by atoms with Gasteiger partial charge in [0.2, 0.25) is 0 Å². The van der Waals surface area contributed by atoms with Crippen LogP contribution in [0.2, 0.25) is 0 Å². The summed E-state index contributed by atoms with van der Waals surface area (Å²) in [7, 11) is -6.28. The minimum Gasteiger partial charge on any atom is -0.490 e. The summed E-state index contributed by atoms with van der Waals surface area (Å²) >= 11 is 0. The largest absolute Gasteiger partial charge is 0.534 e. The van der Waals surface area contributed by atoms with Crippen LogP contribution in [-0.4, -0.2) is 32.3 Å². The Kier molecular flexibility index (Phi) is 8.65. The third kappa shape index (κ3) is 6.58. The molecule has 38 heavy (non-hydrogen) atoms. The SMILES string of the molecule is Cc1ccc2c(c1)COC(=O)c1c(c(OCCC(C)C)cc(C(=O)CC(C)C)c1OS(=O)(=O)C(F)(F)F)O2. The Bertz CT molecular complexity index is 1330. The molecule has 0 fully saturated rings. The molecular formula is C26H29F3O8S. The number of halogens is 3. The van der Waals surface area contributed by atoms with Gasteiger partial charge >= 0.3 is 21.6 Å². The minimum absolute atomic E-state index is 0.113. The number of cyclic esters (lactones) is 1. The van der Waals surface area contributed by atoms with Crippen molar-refractivity contribution >= 4 is 21.9 Å². The van der Waals surface area contributed by atoms with Crippen LogP contribution in [0.25, 0.3) is 0 Å². The lowest BCUT2D eigenvalue weighted by molar-refractivity contribution is -0.0501. The lowest BCUT2D eigenvalue weighted by Gasteiger charge is -2.24. The molecule has 0 saturated carbocycles. The van der Waals surface area contributed by atoms with Crippen LogP contribution in [-0.2, 0) is 21.5 Å². The topological polar surface area (TPSA) is 105 Å². The van der Waals surface area contributed by atoms with Crippen molar-refractivity contribution in [3.8, 4) is 23.0 Å². The van der Waals surface area contributed by atoms with Gasteiger partial charge in [-0.2, -0.15) is 21.6 Å². The van der Waals surface area contributed by atoms with Gasteiger partial charge in [0.05, 0.1) is 12.2 Å². The number of benzene rings is 2. The molecule has 0 aliphatic carbocycles. The molecule has 12 heteroatoms. The maximum Gasteiger partial charge on any atom is 0.534 e. The van der Waals surface area contributed by atoms with Crippen LogP contribution in [0.5, 0.6) is 23.0 Å². The van der Waals surface area contributed by atoms with E-state index in [9.17, 15) is 31.2 Å². The Morgan fingerprint density at radius 2 is 1.79 bits per heavy atom. The Morgan fingerprint density at radius 1 is 1.11 bits per heavy atom. The van der Waals surface area contributed by atoms with Crippen LogP contribution >= 0.6 is 0 Å². The van der Waals surface area contributed by atoms with E-state index in [0.29, 0.717) is 12.0 Å². The summed E-state index contributed by atoms with van der Waals surface area (Å²) in [5.74, 6) is -3.52. The van der Waals surface area contributed by atoms with Gasteiger partial charge in [-0.3, -0.25) is 4.79 Å². The van der Waals surface area contributed by atoms with Gasteiger partial charge in [-0.15, -0.1) is 0 Å². The van der Waals surface area contributed by atoms with Gasteiger partial charge in [0, 0.05) is 12.0 Å². The molecule has 3 rings (SSSR count). The first-order valence-corrected chi connectivity index (χ1v) is 13.3.